The van der Waals surface area contributed by atoms with Gasteiger partial charge in [-0.05, 0) is 35.6 Å². The van der Waals surface area contributed by atoms with E-state index in [0.29, 0.717) is 10.4 Å². The maximum absolute atomic E-state index is 12.2. The van der Waals surface area contributed by atoms with Gasteiger partial charge in [0, 0.05) is 11.3 Å². The zero-order valence-corrected chi connectivity index (χ0v) is 12.0. The van der Waals surface area contributed by atoms with E-state index >= 15 is 0 Å². The molecule has 3 nitrogen and oxygen atoms in total. The zero-order chi connectivity index (χ0) is 14.4. The van der Waals surface area contributed by atoms with Gasteiger partial charge in [0.15, 0.2) is 0 Å². The number of aryl methyl sites for hydroxylation is 1. The van der Waals surface area contributed by atoms with Gasteiger partial charge in [-0.15, -0.1) is 11.3 Å². The number of aliphatic hydroxyl groups is 1. The number of amides is 1. The summed E-state index contributed by atoms with van der Waals surface area (Å²) in [6.07, 6.45) is 0.927. The van der Waals surface area contributed by atoms with Crippen molar-refractivity contribution in [3.8, 4) is 11.8 Å². The first-order valence-electron chi connectivity index (χ1n) is 6.32. The summed E-state index contributed by atoms with van der Waals surface area (Å²) in [6.45, 7) is 1.86. The van der Waals surface area contributed by atoms with Gasteiger partial charge in [-0.25, -0.2) is 0 Å². The Morgan fingerprint density at radius 2 is 2.25 bits per heavy atom. The summed E-state index contributed by atoms with van der Waals surface area (Å²) < 4.78 is 0. The second-order valence-electron chi connectivity index (χ2n) is 4.13. The lowest BCUT2D eigenvalue weighted by atomic mass is 10.1. The van der Waals surface area contributed by atoms with Gasteiger partial charge in [0.25, 0.3) is 5.91 Å². The van der Waals surface area contributed by atoms with Crippen molar-refractivity contribution >= 4 is 22.9 Å². The van der Waals surface area contributed by atoms with Crippen LogP contribution >= 0.6 is 11.3 Å². The predicted molar refractivity (Wildman–Crippen MR) is 82.1 cm³/mol. The molecule has 4 heteroatoms. The number of hydrogen-bond acceptors (Lipinski definition) is 3. The van der Waals surface area contributed by atoms with E-state index in [1.165, 1.54) is 16.9 Å². The second kappa shape index (κ2) is 6.90. The van der Waals surface area contributed by atoms with Crippen LogP contribution in [0.1, 0.15) is 27.7 Å². The van der Waals surface area contributed by atoms with E-state index in [-0.39, 0.29) is 12.5 Å². The van der Waals surface area contributed by atoms with Crippen molar-refractivity contribution in [2.75, 3.05) is 11.9 Å². The lowest BCUT2D eigenvalue weighted by Gasteiger charge is -2.05. The van der Waals surface area contributed by atoms with E-state index in [2.05, 4.69) is 24.1 Å². The fraction of sp³-hybridized carbons (Fsp3) is 0.188. The molecule has 2 aromatic rings. The molecule has 102 valence electrons. The highest BCUT2D eigenvalue weighted by Crippen LogP contribution is 2.19. The molecule has 1 heterocycles. The Hall–Kier alpha value is -2.09. The third kappa shape index (κ3) is 3.47. The average Bonchev–Trinajstić information content (AvgIpc) is 2.93. The van der Waals surface area contributed by atoms with Crippen LogP contribution in [0, 0.1) is 11.8 Å². The molecule has 0 radical (unpaired) electrons. The fourth-order valence-corrected chi connectivity index (χ4v) is 2.52. The van der Waals surface area contributed by atoms with Gasteiger partial charge in [0.1, 0.15) is 11.5 Å². The van der Waals surface area contributed by atoms with Gasteiger partial charge in [-0.3, -0.25) is 4.79 Å². The molecular weight excluding hydrogens is 270 g/mol. The van der Waals surface area contributed by atoms with E-state index in [1.807, 2.05) is 29.6 Å². The molecule has 0 bridgehead atoms. The minimum atomic E-state index is -0.213. The Morgan fingerprint density at radius 1 is 1.40 bits per heavy atom. The predicted octanol–water partition coefficient (Wildman–Crippen LogP) is 2.91. The number of carbonyl (C=O) groups is 1. The molecule has 0 aliphatic rings. The number of nitrogens with one attached hydrogen (secondary N) is 1. The van der Waals surface area contributed by atoms with Crippen molar-refractivity contribution in [2.45, 2.75) is 13.3 Å². The molecule has 0 aliphatic carbocycles. The highest BCUT2D eigenvalue weighted by atomic mass is 32.1. The van der Waals surface area contributed by atoms with Gasteiger partial charge in [-0.1, -0.05) is 30.9 Å². The molecule has 2 N–H and O–H groups in total. The topological polar surface area (TPSA) is 49.3 Å². The van der Waals surface area contributed by atoms with Gasteiger partial charge < -0.3 is 10.4 Å². The number of thiophene rings is 1. The van der Waals surface area contributed by atoms with Crippen molar-refractivity contribution < 1.29 is 9.90 Å². The number of carbonyl (C=O) groups excluding carboxylic acids is 1. The maximum atomic E-state index is 12.2. The Morgan fingerprint density at radius 3 is 3.00 bits per heavy atom. The minimum Gasteiger partial charge on any atom is -0.384 e. The standard InChI is InChI=1S/C16H15NO2S/c1-2-12-5-3-7-14(11-12)17-16(19)15-13(6-4-9-18)8-10-20-15/h3,5,7-8,10-11,18H,2,9H2,1H3,(H,17,19). The van der Waals surface area contributed by atoms with Crippen molar-refractivity contribution in [1.29, 1.82) is 0 Å². The molecule has 1 amide bonds. The number of hydrogen-bond donors (Lipinski definition) is 2. The second-order valence-corrected chi connectivity index (χ2v) is 5.05. The number of aliphatic hydroxyl groups excluding tert-OH is 1. The summed E-state index contributed by atoms with van der Waals surface area (Å²) in [5, 5.41) is 13.4. The molecule has 1 aromatic heterocycles. The minimum absolute atomic E-state index is 0.171. The Balaban J connectivity index is 2.18. The van der Waals surface area contributed by atoms with E-state index in [9.17, 15) is 4.79 Å². The highest BCUT2D eigenvalue weighted by molar-refractivity contribution is 7.12. The summed E-state index contributed by atoms with van der Waals surface area (Å²) in [5.41, 5.74) is 2.60. The van der Waals surface area contributed by atoms with Gasteiger partial charge >= 0.3 is 0 Å². The summed E-state index contributed by atoms with van der Waals surface area (Å²) in [7, 11) is 0. The van der Waals surface area contributed by atoms with E-state index in [0.717, 1.165) is 12.1 Å². The van der Waals surface area contributed by atoms with Gasteiger partial charge in [0.2, 0.25) is 0 Å². The normalized spacial score (nSPS) is 9.70. The lowest BCUT2D eigenvalue weighted by molar-refractivity contribution is 0.103. The van der Waals surface area contributed by atoms with Crippen LogP contribution in [0.4, 0.5) is 5.69 Å². The molecule has 0 saturated carbocycles. The SMILES string of the molecule is CCc1cccc(NC(=O)c2sccc2C#CCO)c1. The zero-order valence-electron chi connectivity index (χ0n) is 11.1. The summed E-state index contributed by atoms with van der Waals surface area (Å²) in [6, 6.07) is 9.56. The third-order valence-corrected chi connectivity index (χ3v) is 3.68. The number of rotatable bonds is 3. The van der Waals surface area contributed by atoms with Crippen molar-refractivity contribution in [3.05, 3.63) is 51.7 Å². The molecule has 20 heavy (non-hydrogen) atoms. The van der Waals surface area contributed by atoms with Crippen LogP contribution in [-0.4, -0.2) is 17.6 Å². The monoisotopic (exact) mass is 285 g/mol. The van der Waals surface area contributed by atoms with E-state index < -0.39 is 0 Å². The first-order valence-corrected chi connectivity index (χ1v) is 7.20. The summed E-state index contributed by atoms with van der Waals surface area (Å²) in [5.74, 6) is 5.17. The van der Waals surface area contributed by atoms with Crippen molar-refractivity contribution in [2.24, 2.45) is 0 Å². The Bertz CT molecular complexity index is 664. The molecule has 1 aromatic carbocycles. The molecule has 0 unspecified atom stereocenters. The number of benzene rings is 1. The van der Waals surface area contributed by atoms with Crippen LogP contribution < -0.4 is 5.32 Å². The first-order chi connectivity index (χ1) is 9.74. The molecular formula is C16H15NO2S. The van der Waals surface area contributed by atoms with E-state index in [4.69, 9.17) is 5.11 Å². The summed E-state index contributed by atoms with van der Waals surface area (Å²) >= 11 is 1.34. The van der Waals surface area contributed by atoms with Gasteiger partial charge in [-0.2, -0.15) is 0 Å². The van der Waals surface area contributed by atoms with Crippen LogP contribution in [-0.2, 0) is 6.42 Å². The van der Waals surface area contributed by atoms with Crippen molar-refractivity contribution in [3.63, 3.8) is 0 Å². The molecule has 2 rings (SSSR count). The number of anilines is 1. The lowest BCUT2D eigenvalue weighted by Crippen LogP contribution is -2.11. The average molecular weight is 285 g/mol. The summed E-state index contributed by atoms with van der Waals surface area (Å²) in [4.78, 5) is 12.8. The van der Waals surface area contributed by atoms with Crippen LogP contribution in [0.25, 0.3) is 0 Å². The molecule has 0 fully saturated rings. The van der Waals surface area contributed by atoms with Crippen LogP contribution in [0.2, 0.25) is 0 Å². The fourth-order valence-electron chi connectivity index (χ4n) is 1.78. The van der Waals surface area contributed by atoms with E-state index in [1.54, 1.807) is 6.07 Å². The van der Waals surface area contributed by atoms with Gasteiger partial charge in [0.05, 0.1) is 0 Å². The first kappa shape index (κ1) is 14.3. The molecule has 0 atom stereocenters. The Labute approximate surface area is 122 Å². The van der Waals surface area contributed by atoms with Crippen LogP contribution in [0.15, 0.2) is 35.7 Å². The quantitative estimate of drug-likeness (QED) is 0.852. The van der Waals surface area contributed by atoms with Crippen LogP contribution in [0.3, 0.4) is 0 Å². The molecule has 0 aliphatic heterocycles. The maximum Gasteiger partial charge on any atom is 0.267 e. The smallest absolute Gasteiger partial charge is 0.267 e. The largest absolute Gasteiger partial charge is 0.384 e. The van der Waals surface area contributed by atoms with Crippen LogP contribution in [0.5, 0.6) is 0 Å². The molecule has 0 spiro atoms. The van der Waals surface area contributed by atoms with Crippen molar-refractivity contribution in [1.82, 2.24) is 0 Å². The third-order valence-electron chi connectivity index (χ3n) is 2.77. The Kier molecular flexibility index (Phi) is 4.94. The highest BCUT2D eigenvalue weighted by Gasteiger charge is 2.12. The molecule has 0 saturated heterocycles.